The lowest BCUT2D eigenvalue weighted by atomic mass is 10.1. The molecule has 1 aromatic carbocycles. The Morgan fingerprint density at radius 1 is 1.06 bits per heavy atom. The van der Waals surface area contributed by atoms with Crippen molar-refractivity contribution in [1.82, 2.24) is 9.97 Å². The van der Waals surface area contributed by atoms with Gasteiger partial charge in [-0.1, -0.05) is 23.5 Å². The van der Waals surface area contributed by atoms with Gasteiger partial charge in [0.25, 0.3) is 0 Å². The van der Waals surface area contributed by atoms with Crippen LogP contribution in [0.3, 0.4) is 0 Å². The monoisotopic (exact) mass is 457 g/mol. The number of piperidine rings is 1. The fourth-order valence-electron chi connectivity index (χ4n) is 3.44. The van der Waals surface area contributed by atoms with Crippen molar-refractivity contribution in [1.29, 1.82) is 0 Å². The number of nitrogens with zero attached hydrogens (tertiary/aromatic N) is 3. The van der Waals surface area contributed by atoms with Crippen molar-refractivity contribution in [3.05, 3.63) is 54.4 Å². The van der Waals surface area contributed by atoms with Gasteiger partial charge in [-0.3, -0.25) is 5.32 Å². The number of pyridine rings is 1. The Kier molecular flexibility index (Phi) is 6.19. The van der Waals surface area contributed by atoms with Crippen LogP contribution in [0.5, 0.6) is 0 Å². The third-order valence-corrected chi connectivity index (χ3v) is 8.02. The Morgan fingerprint density at radius 3 is 2.61 bits per heavy atom. The zero-order valence-corrected chi connectivity index (χ0v) is 18.7. The molecule has 3 heterocycles. The van der Waals surface area contributed by atoms with Gasteiger partial charge < -0.3 is 10.2 Å². The number of rotatable bonds is 5. The van der Waals surface area contributed by atoms with Crippen LogP contribution in [0.4, 0.5) is 21.3 Å². The molecule has 3 aromatic rings. The molecule has 2 aromatic heterocycles. The molecule has 0 bridgehead atoms. The third-order valence-electron chi connectivity index (χ3n) is 4.98. The standard InChI is InChI=1S/C21H23N5O3S2/c1-15-8-9-16(17(13-15)26-11-5-2-6-12-26)24-20(27)25-21-23-14-19(30-21)31(28,29)18-7-3-4-10-22-18/h3-4,7-10,13-14H,2,5-6,11-12H2,1H3,(H2,23,24,25,27). The first-order valence-electron chi connectivity index (χ1n) is 9.99. The molecule has 162 valence electrons. The number of carbonyl (C=O) groups excluding carboxylic acids is 1. The van der Waals surface area contributed by atoms with Crippen LogP contribution in [0.2, 0.25) is 0 Å². The summed E-state index contributed by atoms with van der Waals surface area (Å²) in [7, 11) is -3.77. The maximum Gasteiger partial charge on any atom is 0.325 e. The normalized spacial score (nSPS) is 14.3. The van der Waals surface area contributed by atoms with Gasteiger partial charge in [-0.2, -0.15) is 0 Å². The number of sulfone groups is 1. The van der Waals surface area contributed by atoms with E-state index in [9.17, 15) is 13.2 Å². The lowest BCUT2D eigenvalue weighted by molar-refractivity contribution is 0.262. The molecule has 0 unspecified atom stereocenters. The molecule has 1 fully saturated rings. The van der Waals surface area contributed by atoms with Gasteiger partial charge in [0.15, 0.2) is 10.2 Å². The molecule has 4 rings (SSSR count). The van der Waals surface area contributed by atoms with Gasteiger partial charge in [0.05, 0.1) is 17.6 Å². The molecular weight excluding hydrogens is 434 g/mol. The molecule has 2 amide bonds. The average Bonchev–Trinajstić information content (AvgIpc) is 3.25. The van der Waals surface area contributed by atoms with E-state index < -0.39 is 15.9 Å². The predicted octanol–water partition coefficient (Wildman–Crippen LogP) is 4.31. The van der Waals surface area contributed by atoms with Gasteiger partial charge in [0.2, 0.25) is 9.84 Å². The number of urea groups is 1. The predicted molar refractivity (Wildman–Crippen MR) is 122 cm³/mol. The van der Waals surface area contributed by atoms with Crippen molar-refractivity contribution < 1.29 is 13.2 Å². The second-order valence-electron chi connectivity index (χ2n) is 7.30. The third kappa shape index (κ3) is 4.86. The molecule has 0 radical (unpaired) electrons. The second kappa shape index (κ2) is 9.03. The van der Waals surface area contributed by atoms with E-state index in [1.807, 2.05) is 19.1 Å². The van der Waals surface area contributed by atoms with Crippen molar-refractivity contribution in [2.45, 2.75) is 35.4 Å². The number of benzene rings is 1. The van der Waals surface area contributed by atoms with E-state index >= 15 is 0 Å². The molecule has 10 heteroatoms. The number of carbonyl (C=O) groups is 1. The number of hydrogen-bond donors (Lipinski definition) is 2. The highest BCUT2D eigenvalue weighted by atomic mass is 32.2. The number of anilines is 3. The number of aromatic nitrogens is 2. The minimum atomic E-state index is -3.77. The van der Waals surface area contributed by atoms with Crippen LogP contribution in [0.1, 0.15) is 24.8 Å². The Labute approximate surface area is 185 Å². The van der Waals surface area contributed by atoms with Crippen LogP contribution in [0, 0.1) is 6.92 Å². The summed E-state index contributed by atoms with van der Waals surface area (Å²) >= 11 is 0.887. The first kappa shape index (κ1) is 21.3. The van der Waals surface area contributed by atoms with Crippen molar-refractivity contribution in [3.63, 3.8) is 0 Å². The fraction of sp³-hybridized carbons (Fsp3) is 0.286. The van der Waals surface area contributed by atoms with Crippen LogP contribution < -0.4 is 15.5 Å². The largest absolute Gasteiger partial charge is 0.370 e. The van der Waals surface area contributed by atoms with E-state index in [-0.39, 0.29) is 14.4 Å². The highest BCUT2D eigenvalue weighted by molar-refractivity contribution is 7.93. The highest BCUT2D eigenvalue weighted by Gasteiger charge is 2.23. The Balaban J connectivity index is 1.48. The van der Waals surface area contributed by atoms with Crippen LogP contribution in [0.25, 0.3) is 0 Å². The van der Waals surface area contributed by atoms with E-state index in [0.717, 1.165) is 48.5 Å². The summed E-state index contributed by atoms with van der Waals surface area (Å²) in [6, 6.07) is 10.1. The smallest absolute Gasteiger partial charge is 0.325 e. The quantitative estimate of drug-likeness (QED) is 0.591. The summed E-state index contributed by atoms with van der Waals surface area (Å²) in [5.41, 5.74) is 2.83. The van der Waals surface area contributed by atoms with E-state index in [1.54, 1.807) is 12.1 Å². The molecule has 8 nitrogen and oxygen atoms in total. The van der Waals surface area contributed by atoms with Gasteiger partial charge in [0, 0.05) is 19.3 Å². The average molecular weight is 458 g/mol. The van der Waals surface area contributed by atoms with Crippen molar-refractivity contribution in [3.8, 4) is 0 Å². The summed E-state index contributed by atoms with van der Waals surface area (Å²) in [6.45, 7) is 3.94. The zero-order chi connectivity index (χ0) is 21.8. The second-order valence-corrected chi connectivity index (χ2v) is 10.5. The molecule has 1 aliphatic heterocycles. The molecule has 1 saturated heterocycles. The van der Waals surface area contributed by atoms with Gasteiger partial charge in [-0.25, -0.2) is 23.2 Å². The van der Waals surface area contributed by atoms with Crippen LogP contribution in [0.15, 0.2) is 58.0 Å². The van der Waals surface area contributed by atoms with E-state index in [2.05, 4.69) is 31.6 Å². The minimum absolute atomic E-state index is 0.0193. The first-order chi connectivity index (χ1) is 14.9. The molecule has 1 aliphatic rings. The number of nitrogens with one attached hydrogen (secondary N) is 2. The molecule has 0 saturated carbocycles. The summed E-state index contributed by atoms with van der Waals surface area (Å²) < 4.78 is 25.3. The molecule has 31 heavy (non-hydrogen) atoms. The summed E-state index contributed by atoms with van der Waals surface area (Å²) in [6.07, 6.45) is 6.13. The Hall–Kier alpha value is -2.98. The lowest BCUT2D eigenvalue weighted by Gasteiger charge is -2.30. The van der Waals surface area contributed by atoms with E-state index in [0.29, 0.717) is 5.69 Å². The van der Waals surface area contributed by atoms with E-state index in [1.165, 1.54) is 24.9 Å². The zero-order valence-electron chi connectivity index (χ0n) is 17.0. The number of thiazole rings is 1. The number of amides is 2. The molecule has 2 N–H and O–H groups in total. The summed E-state index contributed by atoms with van der Waals surface area (Å²) in [5.74, 6) is 0. The topological polar surface area (TPSA) is 104 Å². The van der Waals surface area contributed by atoms with Crippen LogP contribution in [-0.4, -0.2) is 37.5 Å². The molecule has 0 spiro atoms. The van der Waals surface area contributed by atoms with Crippen LogP contribution >= 0.6 is 11.3 Å². The minimum Gasteiger partial charge on any atom is -0.370 e. The summed E-state index contributed by atoms with van der Waals surface area (Å²) in [4.78, 5) is 22.8. The maximum absolute atomic E-state index is 12.6. The van der Waals surface area contributed by atoms with Crippen molar-refractivity contribution >= 4 is 43.7 Å². The fourth-order valence-corrected chi connectivity index (χ4v) is 5.78. The summed E-state index contributed by atoms with van der Waals surface area (Å²) in [5, 5.41) is 5.65. The lowest BCUT2D eigenvalue weighted by Crippen LogP contribution is -2.31. The van der Waals surface area contributed by atoms with Gasteiger partial charge >= 0.3 is 6.03 Å². The highest BCUT2D eigenvalue weighted by Crippen LogP contribution is 2.31. The van der Waals surface area contributed by atoms with E-state index in [4.69, 9.17) is 0 Å². The Morgan fingerprint density at radius 2 is 1.87 bits per heavy atom. The van der Waals surface area contributed by atoms with Crippen LogP contribution in [-0.2, 0) is 9.84 Å². The number of aryl methyl sites for hydroxylation is 1. The maximum atomic E-state index is 12.6. The van der Waals surface area contributed by atoms with Gasteiger partial charge in [-0.05, 0) is 56.0 Å². The first-order valence-corrected chi connectivity index (χ1v) is 12.3. The molecule has 0 atom stereocenters. The van der Waals surface area contributed by atoms with Crippen molar-refractivity contribution in [2.24, 2.45) is 0 Å². The van der Waals surface area contributed by atoms with Crippen molar-refractivity contribution in [2.75, 3.05) is 28.6 Å². The van der Waals surface area contributed by atoms with Gasteiger partial charge in [0.1, 0.15) is 4.21 Å². The number of hydrogen-bond acceptors (Lipinski definition) is 7. The Bertz CT molecular complexity index is 1170. The molecular formula is C21H23N5O3S2. The SMILES string of the molecule is Cc1ccc(NC(=O)Nc2ncc(S(=O)(=O)c3ccccn3)s2)c(N2CCCCC2)c1. The van der Waals surface area contributed by atoms with Gasteiger partial charge in [-0.15, -0.1) is 0 Å². The molecule has 0 aliphatic carbocycles.